The maximum atomic E-state index is 10.6. The predicted molar refractivity (Wildman–Crippen MR) is 35.0 cm³/mol. The molecule has 0 saturated carbocycles. The zero-order valence-electron chi connectivity index (χ0n) is 5.96. The molecule has 0 atom stereocenters. The first-order valence-corrected chi connectivity index (χ1v) is 2.59. The van der Waals surface area contributed by atoms with Crippen molar-refractivity contribution in [1.82, 2.24) is 5.06 Å². The quantitative estimate of drug-likeness (QED) is 0.411. The number of terminal acetylenes is 1. The van der Waals surface area contributed by atoms with Crippen molar-refractivity contribution in [2.45, 2.75) is 0 Å². The molecule has 10 heavy (non-hydrogen) atoms. The third-order valence-corrected chi connectivity index (χ3v) is 0.834. The van der Waals surface area contributed by atoms with Crippen molar-refractivity contribution < 1.29 is 14.4 Å². The molecule has 0 bridgehead atoms. The summed E-state index contributed by atoms with van der Waals surface area (Å²) in [5.41, 5.74) is 0. The van der Waals surface area contributed by atoms with Crippen LogP contribution in [-0.2, 0) is 9.57 Å². The molecule has 0 aliphatic rings. The highest BCUT2D eigenvalue weighted by molar-refractivity contribution is 5.66. The van der Waals surface area contributed by atoms with Crippen molar-refractivity contribution in [2.75, 3.05) is 20.8 Å². The largest absolute Gasteiger partial charge is 0.451 e. The minimum absolute atomic E-state index is 0.0865. The van der Waals surface area contributed by atoms with Crippen molar-refractivity contribution in [3.05, 3.63) is 0 Å². The van der Waals surface area contributed by atoms with Crippen LogP contribution in [0.15, 0.2) is 0 Å². The highest BCUT2D eigenvalue weighted by atomic mass is 16.7. The Morgan fingerprint density at radius 3 is 2.60 bits per heavy atom. The number of hydrogen-bond acceptors (Lipinski definition) is 3. The smallest absolute Gasteiger partial charge is 0.434 e. The minimum Gasteiger partial charge on any atom is -0.451 e. The van der Waals surface area contributed by atoms with Gasteiger partial charge in [0.15, 0.2) is 0 Å². The summed E-state index contributed by atoms with van der Waals surface area (Å²) in [6.45, 7) is 0.0865. The molecule has 4 nitrogen and oxygen atoms in total. The van der Waals surface area contributed by atoms with Gasteiger partial charge in [0.2, 0.25) is 0 Å². The van der Waals surface area contributed by atoms with Gasteiger partial charge in [0, 0.05) is 0 Å². The van der Waals surface area contributed by atoms with Crippen LogP contribution in [0.3, 0.4) is 0 Å². The monoisotopic (exact) mass is 143 g/mol. The van der Waals surface area contributed by atoms with E-state index in [9.17, 15) is 4.79 Å². The Labute approximate surface area is 59.7 Å². The van der Waals surface area contributed by atoms with E-state index in [1.54, 1.807) is 0 Å². The highest BCUT2D eigenvalue weighted by Crippen LogP contribution is 1.90. The fourth-order valence-corrected chi connectivity index (χ4v) is 0.388. The molecular weight excluding hydrogens is 134 g/mol. The van der Waals surface area contributed by atoms with Crippen LogP contribution in [0.2, 0.25) is 0 Å². The second kappa shape index (κ2) is 4.65. The summed E-state index contributed by atoms with van der Waals surface area (Å²) in [5.74, 6) is 2.23. The molecule has 0 rings (SSSR count). The maximum Gasteiger partial charge on any atom is 0.434 e. The fraction of sp³-hybridized carbons (Fsp3) is 0.500. The zero-order valence-corrected chi connectivity index (χ0v) is 5.96. The van der Waals surface area contributed by atoms with Crippen molar-refractivity contribution >= 4 is 6.09 Å². The number of ether oxygens (including phenoxy) is 1. The molecule has 0 aliphatic carbocycles. The van der Waals surface area contributed by atoms with E-state index in [4.69, 9.17) is 6.42 Å². The van der Waals surface area contributed by atoms with Crippen molar-refractivity contribution in [2.24, 2.45) is 0 Å². The molecule has 0 saturated heterocycles. The van der Waals surface area contributed by atoms with Crippen molar-refractivity contribution in [3.8, 4) is 12.3 Å². The minimum atomic E-state index is -0.597. The van der Waals surface area contributed by atoms with Gasteiger partial charge < -0.3 is 4.74 Å². The van der Waals surface area contributed by atoms with Gasteiger partial charge in [-0.2, -0.15) is 5.06 Å². The second-order valence-electron chi connectivity index (χ2n) is 1.39. The average Bonchev–Trinajstić information content (AvgIpc) is 1.99. The molecule has 0 aromatic rings. The molecule has 0 aromatic carbocycles. The Balaban J connectivity index is 3.83. The summed E-state index contributed by atoms with van der Waals surface area (Å²) in [7, 11) is 2.60. The van der Waals surface area contributed by atoms with E-state index in [2.05, 4.69) is 15.5 Å². The Morgan fingerprint density at radius 1 is 1.70 bits per heavy atom. The first kappa shape index (κ1) is 8.79. The number of carbonyl (C=O) groups excluding carboxylic acids is 1. The number of amides is 1. The van der Waals surface area contributed by atoms with Crippen LogP contribution in [0.4, 0.5) is 4.79 Å². The first-order valence-electron chi connectivity index (χ1n) is 2.59. The molecule has 0 aromatic heterocycles. The Hall–Kier alpha value is -1.21. The Kier molecular flexibility index (Phi) is 4.09. The molecule has 1 amide bonds. The van der Waals surface area contributed by atoms with Gasteiger partial charge in [-0.05, 0) is 0 Å². The summed E-state index contributed by atoms with van der Waals surface area (Å²) < 4.78 is 4.32. The lowest BCUT2D eigenvalue weighted by Gasteiger charge is -2.13. The molecule has 0 fully saturated rings. The van der Waals surface area contributed by atoms with E-state index < -0.39 is 6.09 Å². The topological polar surface area (TPSA) is 38.8 Å². The fourth-order valence-electron chi connectivity index (χ4n) is 0.388. The number of hydroxylamine groups is 2. The average molecular weight is 143 g/mol. The summed E-state index contributed by atoms with van der Waals surface area (Å²) in [4.78, 5) is 15.2. The van der Waals surface area contributed by atoms with Crippen LogP contribution in [0.25, 0.3) is 0 Å². The molecule has 0 N–H and O–H groups in total. The summed E-state index contributed by atoms with van der Waals surface area (Å²) in [6, 6.07) is 0. The second-order valence-corrected chi connectivity index (χ2v) is 1.39. The predicted octanol–water partition coefficient (Wildman–Crippen LogP) is 0.249. The normalized spacial score (nSPS) is 8.10. The Morgan fingerprint density at radius 2 is 2.30 bits per heavy atom. The zero-order chi connectivity index (χ0) is 7.98. The van der Waals surface area contributed by atoms with Crippen LogP contribution in [0, 0.1) is 12.3 Å². The van der Waals surface area contributed by atoms with Gasteiger partial charge in [0.25, 0.3) is 0 Å². The van der Waals surface area contributed by atoms with E-state index in [1.807, 2.05) is 0 Å². The number of nitrogens with zero attached hydrogens (tertiary/aromatic N) is 1. The molecule has 0 heterocycles. The Bertz CT molecular complexity index is 150. The van der Waals surface area contributed by atoms with Gasteiger partial charge in [0.05, 0.1) is 14.2 Å². The van der Waals surface area contributed by atoms with Gasteiger partial charge in [-0.1, -0.05) is 5.92 Å². The van der Waals surface area contributed by atoms with Crippen LogP contribution in [-0.4, -0.2) is 31.9 Å². The number of hydrogen-bond donors (Lipinski definition) is 0. The first-order chi connectivity index (χ1) is 4.76. The summed E-state index contributed by atoms with van der Waals surface area (Å²) in [6.07, 6.45) is 4.32. The van der Waals surface area contributed by atoms with Crippen LogP contribution in [0.1, 0.15) is 0 Å². The van der Waals surface area contributed by atoms with Gasteiger partial charge in [-0.25, -0.2) is 4.79 Å². The highest BCUT2D eigenvalue weighted by Gasteiger charge is 2.09. The molecule has 56 valence electrons. The third kappa shape index (κ3) is 2.37. The number of methoxy groups -OCH3 is 1. The van der Waals surface area contributed by atoms with E-state index in [0.29, 0.717) is 0 Å². The third-order valence-electron chi connectivity index (χ3n) is 0.834. The van der Waals surface area contributed by atoms with E-state index in [0.717, 1.165) is 5.06 Å². The standard InChI is InChI=1S/C6H9NO3/c1-4-5-7(10-3)6(8)9-2/h1H,5H2,2-3H3. The van der Waals surface area contributed by atoms with Crippen molar-refractivity contribution in [3.63, 3.8) is 0 Å². The number of carbonyl (C=O) groups is 1. The van der Waals surface area contributed by atoms with Crippen molar-refractivity contribution in [1.29, 1.82) is 0 Å². The summed E-state index contributed by atoms with van der Waals surface area (Å²) in [5, 5.41) is 0.931. The molecule has 0 spiro atoms. The van der Waals surface area contributed by atoms with Crippen LogP contribution >= 0.6 is 0 Å². The van der Waals surface area contributed by atoms with Gasteiger partial charge in [-0.3, -0.25) is 4.84 Å². The van der Waals surface area contributed by atoms with Crippen LogP contribution in [0.5, 0.6) is 0 Å². The maximum absolute atomic E-state index is 10.6. The lowest BCUT2D eigenvalue weighted by molar-refractivity contribution is -0.0965. The lowest BCUT2D eigenvalue weighted by Crippen LogP contribution is -2.29. The van der Waals surface area contributed by atoms with E-state index in [-0.39, 0.29) is 6.54 Å². The molecular formula is C6H9NO3. The summed E-state index contributed by atoms with van der Waals surface area (Å²) >= 11 is 0. The van der Waals surface area contributed by atoms with E-state index in [1.165, 1.54) is 14.2 Å². The molecule has 4 heteroatoms. The molecule has 0 radical (unpaired) electrons. The lowest BCUT2D eigenvalue weighted by atomic mass is 10.7. The number of rotatable bonds is 2. The van der Waals surface area contributed by atoms with Gasteiger partial charge in [-0.15, -0.1) is 6.42 Å². The van der Waals surface area contributed by atoms with Gasteiger partial charge in [0.1, 0.15) is 6.54 Å². The van der Waals surface area contributed by atoms with Gasteiger partial charge >= 0.3 is 6.09 Å². The van der Waals surface area contributed by atoms with Crippen LogP contribution < -0.4 is 0 Å². The van der Waals surface area contributed by atoms with E-state index >= 15 is 0 Å². The SMILES string of the molecule is C#CCN(OC)C(=O)OC. The molecule has 0 unspecified atom stereocenters. The molecule has 0 aliphatic heterocycles.